The van der Waals surface area contributed by atoms with Crippen LogP contribution >= 0.6 is 22.6 Å². The van der Waals surface area contributed by atoms with Gasteiger partial charge in [0.25, 0.3) is 0 Å². The number of aromatic nitrogens is 2. The number of halogens is 1. The lowest BCUT2D eigenvalue weighted by atomic mass is 10.2. The van der Waals surface area contributed by atoms with Crippen molar-refractivity contribution < 1.29 is 4.42 Å². The smallest absolute Gasteiger partial charge is 0.247 e. The molecular formula is C13H16IN3O. The lowest BCUT2D eigenvalue weighted by Crippen LogP contribution is -2.14. The second-order valence-electron chi connectivity index (χ2n) is 3.97. The molecule has 5 heteroatoms. The van der Waals surface area contributed by atoms with Crippen LogP contribution in [0.3, 0.4) is 0 Å². The zero-order chi connectivity index (χ0) is 12.8. The lowest BCUT2D eigenvalue weighted by Gasteiger charge is -1.98. The molecule has 96 valence electrons. The van der Waals surface area contributed by atoms with Gasteiger partial charge in [-0.1, -0.05) is 13.0 Å². The minimum absolute atomic E-state index is 0.604. The number of benzene rings is 1. The van der Waals surface area contributed by atoms with Gasteiger partial charge in [-0.15, -0.1) is 10.2 Å². The minimum Gasteiger partial charge on any atom is -0.421 e. The van der Waals surface area contributed by atoms with Crippen molar-refractivity contribution in [2.75, 3.05) is 13.1 Å². The number of rotatable bonds is 6. The highest BCUT2D eigenvalue weighted by Crippen LogP contribution is 2.20. The SMILES string of the molecule is CCNCCCc1nnc(-c2cccc(I)c2)o1. The topological polar surface area (TPSA) is 51.0 Å². The van der Waals surface area contributed by atoms with Crippen molar-refractivity contribution in [3.63, 3.8) is 0 Å². The quantitative estimate of drug-likeness (QED) is 0.638. The van der Waals surface area contributed by atoms with E-state index in [4.69, 9.17) is 4.42 Å². The second-order valence-corrected chi connectivity index (χ2v) is 5.21. The maximum Gasteiger partial charge on any atom is 0.247 e. The average Bonchev–Trinajstić information content (AvgIpc) is 2.83. The summed E-state index contributed by atoms with van der Waals surface area (Å²) >= 11 is 2.27. The highest BCUT2D eigenvalue weighted by atomic mass is 127. The molecule has 0 fully saturated rings. The summed E-state index contributed by atoms with van der Waals surface area (Å²) in [5.74, 6) is 1.31. The summed E-state index contributed by atoms with van der Waals surface area (Å²) in [6, 6.07) is 8.05. The molecule has 2 rings (SSSR count). The van der Waals surface area contributed by atoms with Crippen LogP contribution in [0.5, 0.6) is 0 Å². The molecule has 0 aliphatic carbocycles. The molecule has 1 aromatic heterocycles. The predicted molar refractivity (Wildman–Crippen MR) is 79.3 cm³/mol. The summed E-state index contributed by atoms with van der Waals surface area (Å²) in [6.07, 6.45) is 1.84. The summed E-state index contributed by atoms with van der Waals surface area (Å²) in [7, 11) is 0. The molecule has 0 unspecified atom stereocenters. The number of aryl methyl sites for hydroxylation is 1. The fourth-order valence-corrected chi connectivity index (χ4v) is 2.18. The van der Waals surface area contributed by atoms with Crippen molar-refractivity contribution in [2.45, 2.75) is 19.8 Å². The third-order valence-electron chi connectivity index (χ3n) is 2.53. The third kappa shape index (κ3) is 3.78. The molecule has 0 aliphatic heterocycles. The Morgan fingerprint density at radius 2 is 2.22 bits per heavy atom. The summed E-state index contributed by atoms with van der Waals surface area (Å²) in [5, 5.41) is 11.4. The van der Waals surface area contributed by atoms with Crippen LogP contribution in [0.4, 0.5) is 0 Å². The van der Waals surface area contributed by atoms with Gasteiger partial charge in [-0.2, -0.15) is 0 Å². The van der Waals surface area contributed by atoms with E-state index in [0.717, 1.165) is 35.1 Å². The molecule has 1 aromatic carbocycles. The molecule has 1 N–H and O–H groups in total. The zero-order valence-corrected chi connectivity index (χ0v) is 12.5. The van der Waals surface area contributed by atoms with E-state index >= 15 is 0 Å². The van der Waals surface area contributed by atoms with E-state index in [1.807, 2.05) is 24.3 Å². The van der Waals surface area contributed by atoms with E-state index in [1.54, 1.807) is 0 Å². The number of nitrogens with zero attached hydrogens (tertiary/aromatic N) is 2. The number of hydrogen-bond donors (Lipinski definition) is 1. The number of hydrogen-bond acceptors (Lipinski definition) is 4. The normalized spacial score (nSPS) is 10.8. The van der Waals surface area contributed by atoms with Crippen LogP contribution in [0.15, 0.2) is 28.7 Å². The number of nitrogens with one attached hydrogen (secondary N) is 1. The summed E-state index contributed by atoms with van der Waals surface area (Å²) < 4.78 is 6.82. The molecule has 0 spiro atoms. The highest BCUT2D eigenvalue weighted by molar-refractivity contribution is 14.1. The van der Waals surface area contributed by atoms with Crippen LogP contribution in [0.1, 0.15) is 19.2 Å². The summed E-state index contributed by atoms with van der Waals surface area (Å²) in [5.41, 5.74) is 0.979. The van der Waals surface area contributed by atoms with E-state index in [9.17, 15) is 0 Å². The van der Waals surface area contributed by atoms with Crippen LogP contribution < -0.4 is 5.32 Å². The molecule has 1 heterocycles. The third-order valence-corrected chi connectivity index (χ3v) is 3.20. The Morgan fingerprint density at radius 1 is 1.33 bits per heavy atom. The molecule has 18 heavy (non-hydrogen) atoms. The van der Waals surface area contributed by atoms with Crippen LogP contribution in [0.25, 0.3) is 11.5 Å². The summed E-state index contributed by atoms with van der Waals surface area (Å²) in [4.78, 5) is 0. The molecule has 0 aliphatic rings. The minimum atomic E-state index is 0.604. The van der Waals surface area contributed by atoms with Crippen molar-refractivity contribution in [3.05, 3.63) is 33.7 Å². The van der Waals surface area contributed by atoms with Crippen molar-refractivity contribution >= 4 is 22.6 Å². The maximum atomic E-state index is 5.65. The van der Waals surface area contributed by atoms with Gasteiger partial charge >= 0.3 is 0 Å². The molecule has 0 saturated carbocycles. The van der Waals surface area contributed by atoms with Gasteiger partial charge in [0.1, 0.15) is 0 Å². The van der Waals surface area contributed by atoms with Gasteiger partial charge < -0.3 is 9.73 Å². The maximum absolute atomic E-state index is 5.65. The van der Waals surface area contributed by atoms with Crippen molar-refractivity contribution in [1.29, 1.82) is 0 Å². The van der Waals surface area contributed by atoms with Gasteiger partial charge in [0.05, 0.1) is 0 Å². The van der Waals surface area contributed by atoms with Gasteiger partial charge in [0.15, 0.2) is 0 Å². The first-order chi connectivity index (χ1) is 8.79. The Balaban J connectivity index is 1.97. The summed E-state index contributed by atoms with van der Waals surface area (Å²) in [6.45, 7) is 4.08. The van der Waals surface area contributed by atoms with Crippen LogP contribution in [-0.2, 0) is 6.42 Å². The second kappa shape index (κ2) is 6.84. The predicted octanol–water partition coefficient (Wildman–Crippen LogP) is 2.88. The Morgan fingerprint density at radius 3 is 3.00 bits per heavy atom. The van der Waals surface area contributed by atoms with Gasteiger partial charge in [-0.3, -0.25) is 0 Å². The van der Waals surface area contributed by atoms with Gasteiger partial charge in [-0.25, -0.2) is 0 Å². The van der Waals surface area contributed by atoms with E-state index in [-0.39, 0.29) is 0 Å². The molecule has 0 saturated heterocycles. The fourth-order valence-electron chi connectivity index (χ4n) is 1.63. The van der Waals surface area contributed by atoms with Gasteiger partial charge in [0, 0.05) is 15.6 Å². The first-order valence-electron chi connectivity index (χ1n) is 6.08. The van der Waals surface area contributed by atoms with E-state index < -0.39 is 0 Å². The highest BCUT2D eigenvalue weighted by Gasteiger charge is 2.08. The first-order valence-corrected chi connectivity index (χ1v) is 7.16. The van der Waals surface area contributed by atoms with Crippen molar-refractivity contribution in [2.24, 2.45) is 0 Å². The molecule has 0 radical (unpaired) electrons. The molecule has 0 bridgehead atoms. The average molecular weight is 357 g/mol. The molecule has 0 amide bonds. The van der Waals surface area contributed by atoms with Crippen molar-refractivity contribution in [1.82, 2.24) is 15.5 Å². The largest absolute Gasteiger partial charge is 0.421 e. The van der Waals surface area contributed by atoms with Crippen molar-refractivity contribution in [3.8, 4) is 11.5 Å². The Bertz CT molecular complexity index is 498. The Hall–Kier alpha value is -0.950. The molecule has 0 atom stereocenters. The first kappa shape index (κ1) is 13.5. The van der Waals surface area contributed by atoms with E-state index in [2.05, 4.69) is 45.0 Å². The Kier molecular flexibility index (Phi) is 5.12. The van der Waals surface area contributed by atoms with E-state index in [1.165, 1.54) is 0 Å². The van der Waals surface area contributed by atoms with E-state index in [0.29, 0.717) is 11.8 Å². The van der Waals surface area contributed by atoms with Crippen LogP contribution in [0, 0.1) is 3.57 Å². The van der Waals surface area contributed by atoms with Gasteiger partial charge in [0.2, 0.25) is 11.8 Å². The lowest BCUT2D eigenvalue weighted by molar-refractivity contribution is 0.492. The monoisotopic (exact) mass is 357 g/mol. The standard InChI is InChI=1S/C13H16IN3O/c1-2-15-8-4-7-12-16-17-13(18-12)10-5-3-6-11(14)9-10/h3,5-6,9,15H,2,4,7-8H2,1H3. The Labute approximate surface area is 120 Å². The molecule has 4 nitrogen and oxygen atoms in total. The zero-order valence-electron chi connectivity index (χ0n) is 10.3. The fraction of sp³-hybridized carbons (Fsp3) is 0.385. The van der Waals surface area contributed by atoms with Crippen LogP contribution in [-0.4, -0.2) is 23.3 Å². The van der Waals surface area contributed by atoms with Crippen LogP contribution in [0.2, 0.25) is 0 Å². The van der Waals surface area contributed by atoms with Gasteiger partial charge in [-0.05, 0) is 60.3 Å². The molecule has 2 aromatic rings. The molecular weight excluding hydrogens is 341 g/mol.